The van der Waals surface area contributed by atoms with Crippen LogP contribution < -0.4 is 10.2 Å². The Morgan fingerprint density at radius 3 is 2.89 bits per heavy atom. The summed E-state index contributed by atoms with van der Waals surface area (Å²) in [6.45, 7) is 8.04. The van der Waals surface area contributed by atoms with Gasteiger partial charge in [-0.05, 0) is 25.7 Å². The average molecular weight is 252 g/mol. The maximum Gasteiger partial charge on any atom is 0.224 e. The Bertz CT molecular complexity index is 410. The van der Waals surface area contributed by atoms with Crippen molar-refractivity contribution in [3.8, 4) is 0 Å². The Morgan fingerprint density at radius 2 is 2.28 bits per heavy atom. The smallest absolute Gasteiger partial charge is 0.224 e. The molecular formula is C13H21FN4. The van der Waals surface area contributed by atoms with E-state index in [1.54, 1.807) is 0 Å². The second-order valence-corrected chi connectivity index (χ2v) is 5.13. The van der Waals surface area contributed by atoms with E-state index in [1.165, 1.54) is 6.20 Å². The molecule has 0 saturated carbocycles. The lowest BCUT2D eigenvalue weighted by molar-refractivity contribution is 0.598. The summed E-state index contributed by atoms with van der Waals surface area (Å²) in [5.74, 6) is 1.19. The van der Waals surface area contributed by atoms with E-state index in [-0.39, 0.29) is 5.82 Å². The van der Waals surface area contributed by atoms with Gasteiger partial charge in [0, 0.05) is 19.1 Å². The Morgan fingerprint density at radius 1 is 1.50 bits per heavy atom. The molecule has 1 aromatic rings. The van der Waals surface area contributed by atoms with Crippen LogP contribution in [0, 0.1) is 11.7 Å². The fourth-order valence-corrected chi connectivity index (χ4v) is 2.48. The van der Waals surface area contributed by atoms with Gasteiger partial charge in [0.05, 0.1) is 6.20 Å². The zero-order chi connectivity index (χ0) is 13.1. The van der Waals surface area contributed by atoms with Crippen molar-refractivity contribution < 1.29 is 4.39 Å². The Kier molecular flexibility index (Phi) is 3.99. The van der Waals surface area contributed by atoms with Crippen LogP contribution in [0.5, 0.6) is 0 Å². The predicted molar refractivity (Wildman–Crippen MR) is 71.4 cm³/mol. The van der Waals surface area contributed by atoms with Crippen LogP contribution in [0.4, 0.5) is 16.2 Å². The Hall–Kier alpha value is -1.39. The number of anilines is 2. The van der Waals surface area contributed by atoms with Crippen LogP contribution in [-0.4, -0.2) is 29.1 Å². The molecule has 0 aromatic carbocycles. The first-order chi connectivity index (χ1) is 8.61. The first kappa shape index (κ1) is 13.1. The standard InChI is InChI=1S/C13H21FN4/c1-4-5-15-13-16-7-11(14)12(17-13)18-8-9(2)6-10(18)3/h7,9-10H,4-6,8H2,1-3H3,(H,15,16,17). The van der Waals surface area contributed by atoms with Gasteiger partial charge >= 0.3 is 0 Å². The van der Waals surface area contributed by atoms with Gasteiger partial charge in [-0.15, -0.1) is 0 Å². The van der Waals surface area contributed by atoms with Crippen LogP contribution in [0.2, 0.25) is 0 Å². The number of aromatic nitrogens is 2. The monoisotopic (exact) mass is 252 g/mol. The largest absolute Gasteiger partial charge is 0.354 e. The molecule has 0 spiro atoms. The van der Waals surface area contributed by atoms with Crippen molar-refractivity contribution in [1.82, 2.24) is 9.97 Å². The summed E-state index contributed by atoms with van der Waals surface area (Å²) in [7, 11) is 0. The van der Waals surface area contributed by atoms with E-state index in [4.69, 9.17) is 0 Å². The minimum absolute atomic E-state index is 0.335. The zero-order valence-corrected chi connectivity index (χ0v) is 11.3. The number of nitrogens with one attached hydrogen (secondary N) is 1. The third kappa shape index (κ3) is 2.71. The lowest BCUT2D eigenvalue weighted by atomic mass is 10.1. The molecule has 0 aliphatic carbocycles. The Labute approximate surface area is 108 Å². The minimum Gasteiger partial charge on any atom is -0.354 e. The first-order valence-electron chi connectivity index (χ1n) is 6.64. The SMILES string of the molecule is CCCNc1ncc(F)c(N2CC(C)CC2C)n1. The van der Waals surface area contributed by atoms with E-state index in [1.807, 2.05) is 4.90 Å². The van der Waals surface area contributed by atoms with E-state index in [0.717, 1.165) is 25.9 Å². The molecule has 5 heteroatoms. The second-order valence-electron chi connectivity index (χ2n) is 5.13. The quantitative estimate of drug-likeness (QED) is 0.894. The molecule has 2 rings (SSSR count). The van der Waals surface area contributed by atoms with Crippen molar-refractivity contribution >= 4 is 11.8 Å². The van der Waals surface area contributed by atoms with Gasteiger partial charge < -0.3 is 10.2 Å². The summed E-state index contributed by atoms with van der Waals surface area (Å²) >= 11 is 0. The van der Waals surface area contributed by atoms with Crippen molar-refractivity contribution in [2.45, 2.75) is 39.7 Å². The third-order valence-electron chi connectivity index (χ3n) is 3.31. The van der Waals surface area contributed by atoms with Crippen molar-refractivity contribution in [2.24, 2.45) is 5.92 Å². The van der Waals surface area contributed by atoms with Crippen molar-refractivity contribution in [1.29, 1.82) is 0 Å². The van der Waals surface area contributed by atoms with Gasteiger partial charge in [0.25, 0.3) is 0 Å². The number of rotatable bonds is 4. The van der Waals surface area contributed by atoms with Crippen LogP contribution in [0.15, 0.2) is 6.20 Å². The number of nitrogens with zero attached hydrogens (tertiary/aromatic N) is 3. The van der Waals surface area contributed by atoms with Gasteiger partial charge in [-0.3, -0.25) is 0 Å². The maximum absolute atomic E-state index is 13.8. The number of halogens is 1. The van der Waals surface area contributed by atoms with E-state index in [2.05, 4.69) is 36.1 Å². The third-order valence-corrected chi connectivity index (χ3v) is 3.31. The fourth-order valence-electron chi connectivity index (χ4n) is 2.48. The summed E-state index contributed by atoms with van der Waals surface area (Å²) in [5, 5.41) is 3.10. The number of hydrogen-bond donors (Lipinski definition) is 1. The maximum atomic E-state index is 13.8. The molecule has 1 aliphatic heterocycles. The van der Waals surface area contributed by atoms with Crippen molar-refractivity contribution in [2.75, 3.05) is 23.3 Å². The molecule has 1 aromatic heterocycles. The first-order valence-corrected chi connectivity index (χ1v) is 6.64. The molecule has 0 radical (unpaired) electrons. The minimum atomic E-state index is -0.335. The van der Waals surface area contributed by atoms with E-state index in [9.17, 15) is 4.39 Å². The predicted octanol–water partition coefficient (Wildman–Crippen LogP) is 2.67. The van der Waals surface area contributed by atoms with Gasteiger partial charge in [-0.1, -0.05) is 13.8 Å². The molecular weight excluding hydrogens is 231 g/mol. The summed E-state index contributed by atoms with van der Waals surface area (Å²) in [4.78, 5) is 10.3. The summed E-state index contributed by atoms with van der Waals surface area (Å²) in [5.41, 5.74) is 0. The molecule has 18 heavy (non-hydrogen) atoms. The average Bonchev–Trinajstić information content (AvgIpc) is 2.67. The van der Waals surface area contributed by atoms with Gasteiger partial charge in [0.1, 0.15) is 0 Å². The molecule has 2 atom stereocenters. The van der Waals surface area contributed by atoms with Crippen molar-refractivity contribution in [3.63, 3.8) is 0 Å². The second kappa shape index (κ2) is 5.50. The summed E-state index contributed by atoms with van der Waals surface area (Å²) in [6.07, 6.45) is 3.34. The van der Waals surface area contributed by atoms with Crippen LogP contribution in [0.25, 0.3) is 0 Å². The highest BCUT2D eigenvalue weighted by Gasteiger charge is 2.29. The van der Waals surface area contributed by atoms with Crippen LogP contribution in [0.3, 0.4) is 0 Å². The van der Waals surface area contributed by atoms with E-state index >= 15 is 0 Å². The fraction of sp³-hybridized carbons (Fsp3) is 0.692. The molecule has 4 nitrogen and oxygen atoms in total. The van der Waals surface area contributed by atoms with E-state index < -0.39 is 0 Å². The lowest BCUT2D eigenvalue weighted by Gasteiger charge is -2.23. The van der Waals surface area contributed by atoms with Gasteiger partial charge in [-0.25, -0.2) is 9.37 Å². The molecule has 2 heterocycles. The molecule has 2 unspecified atom stereocenters. The molecule has 1 aliphatic rings. The zero-order valence-electron chi connectivity index (χ0n) is 11.3. The van der Waals surface area contributed by atoms with Gasteiger partial charge in [-0.2, -0.15) is 4.98 Å². The highest BCUT2D eigenvalue weighted by molar-refractivity contribution is 5.45. The molecule has 1 fully saturated rings. The van der Waals surface area contributed by atoms with Gasteiger partial charge in [0.15, 0.2) is 11.6 Å². The molecule has 1 saturated heterocycles. The van der Waals surface area contributed by atoms with Gasteiger partial charge in [0.2, 0.25) is 5.95 Å². The normalized spacial score (nSPS) is 23.4. The highest BCUT2D eigenvalue weighted by atomic mass is 19.1. The van der Waals surface area contributed by atoms with E-state index in [0.29, 0.717) is 23.7 Å². The highest BCUT2D eigenvalue weighted by Crippen LogP contribution is 2.29. The van der Waals surface area contributed by atoms with Crippen LogP contribution in [-0.2, 0) is 0 Å². The Balaban J connectivity index is 2.20. The van der Waals surface area contributed by atoms with Crippen LogP contribution in [0.1, 0.15) is 33.6 Å². The number of hydrogen-bond acceptors (Lipinski definition) is 4. The van der Waals surface area contributed by atoms with Crippen LogP contribution >= 0.6 is 0 Å². The summed E-state index contributed by atoms with van der Waals surface area (Å²) < 4.78 is 13.8. The summed E-state index contributed by atoms with van der Waals surface area (Å²) in [6, 6.07) is 0.337. The topological polar surface area (TPSA) is 41.1 Å². The lowest BCUT2D eigenvalue weighted by Crippen LogP contribution is -2.29. The molecule has 0 amide bonds. The molecule has 0 bridgehead atoms. The van der Waals surface area contributed by atoms with Crippen molar-refractivity contribution in [3.05, 3.63) is 12.0 Å². The molecule has 1 N–H and O–H groups in total. The molecule has 100 valence electrons.